The lowest BCUT2D eigenvalue weighted by molar-refractivity contribution is -0.132. The molecule has 0 saturated heterocycles. The van der Waals surface area contributed by atoms with Gasteiger partial charge in [0.1, 0.15) is 35.7 Å². The summed E-state index contributed by atoms with van der Waals surface area (Å²) >= 11 is 0. The van der Waals surface area contributed by atoms with Crippen LogP contribution in [0.4, 0.5) is 0 Å². The number of aliphatic hydroxyl groups excluding tert-OH is 2. The zero-order chi connectivity index (χ0) is 52.7. The summed E-state index contributed by atoms with van der Waals surface area (Å²) in [6, 6.07) is 22.9. The Morgan fingerprint density at radius 3 is 1.07 bits per heavy atom. The van der Waals surface area contributed by atoms with Gasteiger partial charge in [0.25, 0.3) is 0 Å². The second-order valence-electron chi connectivity index (χ2n) is 17.1. The lowest BCUT2D eigenvalue weighted by atomic mass is 10.0. The van der Waals surface area contributed by atoms with E-state index < -0.39 is 122 Å². The number of carbonyl (C=O) groups excluding carboxylic acids is 8. The minimum Gasteiger partial charge on any atom is -0.508 e. The van der Waals surface area contributed by atoms with Gasteiger partial charge in [-0.15, -0.1) is 0 Å². The van der Waals surface area contributed by atoms with Crippen LogP contribution in [0.1, 0.15) is 36.1 Å². The topological polar surface area (TPSA) is 366 Å². The molecule has 72 heavy (non-hydrogen) atoms. The summed E-state index contributed by atoms with van der Waals surface area (Å²) in [5, 5.41) is 60.4. The lowest BCUT2D eigenvalue weighted by Crippen LogP contribution is -2.55. The first-order valence-electron chi connectivity index (χ1n) is 23.1. The molecular weight excluding hydrogens is 933 g/mol. The Hall–Kier alpha value is -7.92. The Balaban J connectivity index is 1.25. The molecule has 0 fully saturated rings. The predicted molar refractivity (Wildman–Crippen MR) is 263 cm³/mol. The number of benzene rings is 4. The summed E-state index contributed by atoms with van der Waals surface area (Å²) in [5.41, 5.74) is 14.7. The van der Waals surface area contributed by atoms with Crippen LogP contribution in [0.3, 0.4) is 0 Å². The van der Waals surface area contributed by atoms with Crippen LogP contribution in [0, 0.1) is 0 Å². The van der Waals surface area contributed by atoms with Crippen molar-refractivity contribution in [3.8, 4) is 11.5 Å². The minimum absolute atomic E-state index is 0.00202. The van der Waals surface area contributed by atoms with Gasteiger partial charge in [-0.25, -0.2) is 0 Å². The van der Waals surface area contributed by atoms with E-state index in [4.69, 9.17) is 11.5 Å². The van der Waals surface area contributed by atoms with E-state index in [0.717, 1.165) is 0 Å². The van der Waals surface area contributed by atoms with Crippen molar-refractivity contribution in [1.82, 2.24) is 42.5 Å². The van der Waals surface area contributed by atoms with E-state index in [1.165, 1.54) is 38.1 Å². The molecule has 4 aromatic rings. The van der Waals surface area contributed by atoms with Crippen LogP contribution < -0.4 is 54.0 Å². The second kappa shape index (κ2) is 28.7. The van der Waals surface area contributed by atoms with Crippen LogP contribution >= 0.6 is 0 Å². The Kier molecular flexibility index (Phi) is 22.6. The van der Waals surface area contributed by atoms with Crippen molar-refractivity contribution >= 4 is 47.3 Å². The predicted octanol–water partition coefficient (Wildman–Crippen LogP) is -2.81. The SMILES string of the molecule is C[C@@H](NC(=O)[C@@H](N)Cc1ccc(O)cc1)C(=O)NCC(=O)N[C@@H](Cc1ccccc1)C(=O)NC[C@@H](O)[C@H](O)CNC(=O)[C@H](Cc1ccccc1)NC(=O)CNC(=O)[C@@H](C)NC(=O)[C@@H](N)Cc1ccc(O)cc1. The molecule has 0 aliphatic heterocycles. The molecule has 0 aromatic heterocycles. The molecule has 0 spiro atoms. The van der Waals surface area contributed by atoms with Crippen molar-refractivity contribution in [3.05, 3.63) is 131 Å². The molecule has 4 aromatic carbocycles. The zero-order valence-electron chi connectivity index (χ0n) is 39.9. The molecule has 386 valence electrons. The van der Waals surface area contributed by atoms with Gasteiger partial charge in [0.2, 0.25) is 47.3 Å². The average molecular weight is 997 g/mol. The molecule has 0 saturated carbocycles. The van der Waals surface area contributed by atoms with Crippen molar-refractivity contribution in [2.45, 2.75) is 88.0 Å². The van der Waals surface area contributed by atoms with E-state index in [0.29, 0.717) is 22.3 Å². The number of carbonyl (C=O) groups is 8. The summed E-state index contributed by atoms with van der Waals surface area (Å²) in [7, 11) is 0. The van der Waals surface area contributed by atoms with E-state index in [1.54, 1.807) is 84.9 Å². The fraction of sp³-hybridized carbons (Fsp3) is 0.360. The van der Waals surface area contributed by atoms with Crippen molar-refractivity contribution < 1.29 is 58.8 Å². The lowest BCUT2D eigenvalue weighted by Gasteiger charge is -2.24. The third kappa shape index (κ3) is 19.8. The summed E-state index contributed by atoms with van der Waals surface area (Å²) in [6.45, 7) is 0.612. The van der Waals surface area contributed by atoms with Crippen LogP contribution in [0.15, 0.2) is 109 Å². The van der Waals surface area contributed by atoms with Gasteiger partial charge < -0.3 is 74.4 Å². The van der Waals surface area contributed by atoms with Gasteiger partial charge in [-0.1, -0.05) is 84.9 Å². The van der Waals surface area contributed by atoms with E-state index in [9.17, 15) is 58.8 Å². The number of hydrogen-bond donors (Lipinski definition) is 14. The minimum atomic E-state index is -1.63. The molecule has 0 heterocycles. The van der Waals surface area contributed by atoms with Crippen molar-refractivity contribution in [3.63, 3.8) is 0 Å². The maximum atomic E-state index is 13.5. The van der Waals surface area contributed by atoms with E-state index >= 15 is 0 Å². The van der Waals surface area contributed by atoms with Crippen LogP contribution in [0.2, 0.25) is 0 Å². The largest absolute Gasteiger partial charge is 0.508 e. The van der Waals surface area contributed by atoms with Crippen LogP contribution in [0.25, 0.3) is 0 Å². The normalized spacial score (nSPS) is 14.2. The average Bonchev–Trinajstić information content (AvgIpc) is 3.36. The molecule has 0 aliphatic carbocycles. The Labute approximate surface area is 416 Å². The highest BCUT2D eigenvalue weighted by Gasteiger charge is 2.28. The molecule has 8 atom stereocenters. The van der Waals surface area contributed by atoms with Gasteiger partial charge in [0.05, 0.1) is 37.4 Å². The fourth-order valence-electron chi connectivity index (χ4n) is 6.91. The van der Waals surface area contributed by atoms with Crippen molar-refractivity contribution in [2.75, 3.05) is 26.2 Å². The number of hydrogen-bond acceptors (Lipinski definition) is 14. The fourth-order valence-corrected chi connectivity index (χ4v) is 6.91. The number of phenols is 2. The molecule has 4 rings (SSSR count). The van der Waals surface area contributed by atoms with Crippen molar-refractivity contribution in [1.29, 1.82) is 0 Å². The van der Waals surface area contributed by atoms with Gasteiger partial charge in [0.15, 0.2) is 0 Å². The molecule has 0 bridgehead atoms. The molecular formula is C50H64N10O12. The smallest absolute Gasteiger partial charge is 0.243 e. The molecule has 0 aliphatic rings. The van der Waals surface area contributed by atoms with E-state index in [-0.39, 0.29) is 37.2 Å². The van der Waals surface area contributed by atoms with Gasteiger partial charge in [-0.05, 0) is 73.2 Å². The number of phenolic OH excluding ortho intramolecular Hbond substituents is 2. The summed E-state index contributed by atoms with van der Waals surface area (Å²) in [6.07, 6.45) is -2.99. The summed E-state index contributed by atoms with van der Waals surface area (Å²) in [4.78, 5) is 104. The van der Waals surface area contributed by atoms with E-state index in [2.05, 4.69) is 42.5 Å². The molecule has 22 nitrogen and oxygen atoms in total. The number of nitrogens with one attached hydrogen (secondary N) is 8. The summed E-state index contributed by atoms with van der Waals surface area (Å²) in [5.74, 6) is -5.56. The Bertz CT molecular complexity index is 2260. The van der Waals surface area contributed by atoms with Gasteiger partial charge in [0, 0.05) is 25.9 Å². The highest BCUT2D eigenvalue weighted by molar-refractivity contribution is 5.94. The maximum Gasteiger partial charge on any atom is 0.243 e. The van der Waals surface area contributed by atoms with Gasteiger partial charge in [-0.2, -0.15) is 0 Å². The molecule has 16 N–H and O–H groups in total. The number of aliphatic hydroxyl groups is 2. The van der Waals surface area contributed by atoms with Gasteiger partial charge >= 0.3 is 0 Å². The highest BCUT2D eigenvalue weighted by Crippen LogP contribution is 2.13. The molecule has 8 amide bonds. The number of nitrogens with two attached hydrogens (primary N) is 2. The first-order chi connectivity index (χ1) is 34.3. The Morgan fingerprint density at radius 2 is 0.736 bits per heavy atom. The second-order valence-corrected chi connectivity index (χ2v) is 17.1. The highest BCUT2D eigenvalue weighted by atomic mass is 16.3. The monoisotopic (exact) mass is 996 g/mol. The standard InChI is InChI=1S/C50H64N10O12/c1-29(57-47(69)37(51)21-33-13-17-35(61)18-14-33)45(67)55-27-43(65)59-39(23-31-9-5-3-6-10-31)49(71)53-25-41(63)42(64)26-54-50(72)40(24-32-11-7-4-8-12-32)60-44(66)28-56-46(68)30(2)58-48(70)38(52)22-34-15-19-36(62)20-16-34/h3-20,29-30,37-42,61-64H,21-28,51-52H2,1-2H3,(H,53,71)(H,54,72)(H,55,67)(H,56,68)(H,57,69)(H,58,70)(H,59,65)(H,60,66)/t29-,30-,37+,38+,39+,40+,41-,42-/m1/s1. The third-order valence-electron chi connectivity index (χ3n) is 11.1. The maximum absolute atomic E-state index is 13.5. The van der Waals surface area contributed by atoms with Gasteiger partial charge in [-0.3, -0.25) is 38.4 Å². The first kappa shape index (κ1) is 56.7. The number of amides is 8. The molecule has 22 heteroatoms. The number of rotatable bonds is 27. The van der Waals surface area contributed by atoms with Crippen LogP contribution in [0.5, 0.6) is 11.5 Å². The zero-order valence-corrected chi connectivity index (χ0v) is 39.9. The molecule has 0 radical (unpaired) electrons. The Morgan fingerprint density at radius 1 is 0.417 bits per heavy atom. The van der Waals surface area contributed by atoms with Crippen molar-refractivity contribution in [2.24, 2.45) is 11.5 Å². The molecule has 0 unspecified atom stereocenters. The quantitative estimate of drug-likeness (QED) is 0.0287. The third-order valence-corrected chi connectivity index (χ3v) is 11.1. The first-order valence-corrected chi connectivity index (χ1v) is 23.1. The van der Waals surface area contributed by atoms with Crippen LogP contribution in [-0.4, -0.2) is 142 Å². The summed E-state index contributed by atoms with van der Waals surface area (Å²) < 4.78 is 0. The van der Waals surface area contributed by atoms with Crippen LogP contribution in [-0.2, 0) is 64.0 Å². The number of aromatic hydroxyl groups is 2. The van der Waals surface area contributed by atoms with E-state index in [1.807, 2.05) is 0 Å².